The lowest BCUT2D eigenvalue weighted by atomic mass is 10.2. The number of halogens is 3. The maximum atomic E-state index is 12.1. The van der Waals surface area contributed by atoms with E-state index in [4.69, 9.17) is 4.74 Å². The zero-order valence-electron chi connectivity index (χ0n) is 14.4. The standard InChI is InChI=1S/C14H27F3N4O2/c1-6-18-11(19-8-7-14(15,16)17)20-9-10-21(5)12(22)23-13(2,3)4/h6-10H2,1-5H3,(H2,18,19,20). The van der Waals surface area contributed by atoms with Gasteiger partial charge >= 0.3 is 12.3 Å². The first-order valence-corrected chi connectivity index (χ1v) is 7.47. The van der Waals surface area contributed by atoms with E-state index in [-0.39, 0.29) is 12.5 Å². The molecule has 0 rings (SSSR count). The van der Waals surface area contributed by atoms with Crippen LogP contribution in [0.15, 0.2) is 4.99 Å². The Kier molecular flexibility index (Phi) is 8.78. The Balaban J connectivity index is 4.26. The van der Waals surface area contributed by atoms with Gasteiger partial charge in [0, 0.05) is 26.7 Å². The second-order valence-electron chi connectivity index (χ2n) is 5.95. The van der Waals surface area contributed by atoms with Gasteiger partial charge in [-0.3, -0.25) is 4.99 Å². The third kappa shape index (κ3) is 12.5. The number of amides is 1. The monoisotopic (exact) mass is 340 g/mol. The number of ether oxygens (including phenoxy) is 1. The van der Waals surface area contributed by atoms with E-state index in [0.29, 0.717) is 19.6 Å². The number of guanidine groups is 1. The first-order valence-electron chi connectivity index (χ1n) is 7.47. The summed E-state index contributed by atoms with van der Waals surface area (Å²) < 4.78 is 41.5. The fourth-order valence-electron chi connectivity index (χ4n) is 1.41. The summed E-state index contributed by atoms with van der Waals surface area (Å²) >= 11 is 0. The molecular weight excluding hydrogens is 313 g/mol. The van der Waals surface area contributed by atoms with Gasteiger partial charge in [-0.05, 0) is 27.7 Å². The molecule has 0 saturated heterocycles. The van der Waals surface area contributed by atoms with E-state index in [1.165, 1.54) is 4.90 Å². The summed E-state index contributed by atoms with van der Waals surface area (Å²) in [5, 5.41) is 5.72. The zero-order valence-corrected chi connectivity index (χ0v) is 14.4. The molecule has 2 N–H and O–H groups in total. The number of carbonyl (C=O) groups excluding carboxylic acids is 1. The highest BCUT2D eigenvalue weighted by molar-refractivity contribution is 5.79. The predicted molar refractivity (Wildman–Crippen MR) is 83.5 cm³/mol. The van der Waals surface area contributed by atoms with Gasteiger partial charge in [-0.1, -0.05) is 0 Å². The van der Waals surface area contributed by atoms with Gasteiger partial charge in [0.1, 0.15) is 5.60 Å². The number of rotatable bonds is 6. The fourth-order valence-corrected chi connectivity index (χ4v) is 1.41. The van der Waals surface area contributed by atoms with Crippen molar-refractivity contribution < 1.29 is 22.7 Å². The molecule has 0 heterocycles. The molecule has 0 fully saturated rings. The third-order valence-corrected chi connectivity index (χ3v) is 2.45. The Bertz CT molecular complexity index is 392. The third-order valence-electron chi connectivity index (χ3n) is 2.45. The van der Waals surface area contributed by atoms with E-state index in [2.05, 4.69) is 15.6 Å². The number of nitrogens with one attached hydrogen (secondary N) is 2. The van der Waals surface area contributed by atoms with Crippen molar-refractivity contribution in [3.8, 4) is 0 Å². The molecule has 9 heteroatoms. The van der Waals surface area contributed by atoms with E-state index in [9.17, 15) is 18.0 Å². The average Bonchev–Trinajstić information content (AvgIpc) is 2.35. The normalized spacial score (nSPS) is 12.8. The number of hydrogen-bond donors (Lipinski definition) is 2. The summed E-state index contributed by atoms with van der Waals surface area (Å²) in [7, 11) is 1.59. The number of alkyl halides is 3. The number of aliphatic imine (C=N–C) groups is 1. The van der Waals surface area contributed by atoms with Gasteiger partial charge in [0.05, 0.1) is 13.0 Å². The Morgan fingerprint density at radius 3 is 2.30 bits per heavy atom. The highest BCUT2D eigenvalue weighted by Gasteiger charge is 2.26. The smallest absolute Gasteiger partial charge is 0.410 e. The van der Waals surface area contributed by atoms with Gasteiger partial charge in [0.2, 0.25) is 0 Å². The molecule has 0 aromatic carbocycles. The summed E-state index contributed by atoms with van der Waals surface area (Å²) in [4.78, 5) is 17.0. The van der Waals surface area contributed by atoms with E-state index < -0.39 is 24.3 Å². The van der Waals surface area contributed by atoms with Gasteiger partial charge in [-0.2, -0.15) is 13.2 Å². The van der Waals surface area contributed by atoms with Crippen molar-refractivity contribution in [1.29, 1.82) is 0 Å². The zero-order chi connectivity index (χ0) is 18.1. The lowest BCUT2D eigenvalue weighted by Gasteiger charge is -2.24. The van der Waals surface area contributed by atoms with Crippen LogP contribution in [0.4, 0.5) is 18.0 Å². The molecular formula is C14H27F3N4O2. The molecule has 0 aliphatic rings. The number of likely N-dealkylation sites (N-methyl/N-ethyl adjacent to an activating group) is 1. The molecule has 0 aliphatic carbocycles. The molecule has 1 amide bonds. The van der Waals surface area contributed by atoms with Gasteiger partial charge in [0.15, 0.2) is 5.96 Å². The molecule has 0 atom stereocenters. The van der Waals surface area contributed by atoms with Crippen LogP contribution in [0.25, 0.3) is 0 Å². The number of hydrogen-bond acceptors (Lipinski definition) is 3. The van der Waals surface area contributed by atoms with Crippen LogP contribution < -0.4 is 10.6 Å². The molecule has 0 aliphatic heterocycles. The fraction of sp³-hybridized carbons (Fsp3) is 0.857. The van der Waals surface area contributed by atoms with Crippen LogP contribution in [0.1, 0.15) is 34.1 Å². The second kappa shape index (κ2) is 9.46. The average molecular weight is 340 g/mol. The molecule has 0 aromatic heterocycles. The highest BCUT2D eigenvalue weighted by Crippen LogP contribution is 2.18. The van der Waals surface area contributed by atoms with Crippen molar-refractivity contribution in [2.45, 2.75) is 45.9 Å². The first-order chi connectivity index (χ1) is 10.4. The number of nitrogens with zero attached hydrogens (tertiary/aromatic N) is 2. The molecule has 0 unspecified atom stereocenters. The van der Waals surface area contributed by atoms with Gasteiger partial charge in [-0.25, -0.2) is 4.79 Å². The molecule has 0 aromatic rings. The summed E-state index contributed by atoms with van der Waals surface area (Å²) in [5.41, 5.74) is -0.577. The summed E-state index contributed by atoms with van der Waals surface area (Å²) in [6.07, 6.45) is -5.66. The van der Waals surface area contributed by atoms with Crippen molar-refractivity contribution in [2.75, 3.05) is 33.2 Å². The van der Waals surface area contributed by atoms with Crippen LogP contribution in [0.3, 0.4) is 0 Å². The van der Waals surface area contributed by atoms with Crippen molar-refractivity contribution in [3.05, 3.63) is 0 Å². The van der Waals surface area contributed by atoms with Crippen LogP contribution in [-0.4, -0.2) is 62.0 Å². The van der Waals surface area contributed by atoms with Crippen LogP contribution in [0.2, 0.25) is 0 Å². The van der Waals surface area contributed by atoms with Crippen LogP contribution >= 0.6 is 0 Å². The van der Waals surface area contributed by atoms with Crippen molar-refractivity contribution in [3.63, 3.8) is 0 Å². The molecule has 136 valence electrons. The molecule has 0 radical (unpaired) electrons. The first kappa shape index (κ1) is 21.3. The Labute approximate surface area is 135 Å². The molecule has 23 heavy (non-hydrogen) atoms. The van der Waals surface area contributed by atoms with Crippen LogP contribution in [0, 0.1) is 0 Å². The minimum Gasteiger partial charge on any atom is -0.444 e. The van der Waals surface area contributed by atoms with Crippen molar-refractivity contribution >= 4 is 12.1 Å². The topological polar surface area (TPSA) is 66.0 Å². The summed E-state index contributed by atoms with van der Waals surface area (Å²) in [6, 6.07) is 0. The van der Waals surface area contributed by atoms with Crippen molar-refractivity contribution in [2.24, 2.45) is 4.99 Å². The Morgan fingerprint density at radius 1 is 1.22 bits per heavy atom. The van der Waals surface area contributed by atoms with Gasteiger partial charge in [0.25, 0.3) is 0 Å². The lowest BCUT2D eigenvalue weighted by Crippen LogP contribution is -2.43. The molecule has 0 bridgehead atoms. The van der Waals surface area contributed by atoms with E-state index >= 15 is 0 Å². The summed E-state index contributed by atoms with van der Waals surface area (Å²) in [6.45, 7) is 7.98. The van der Waals surface area contributed by atoms with E-state index in [1.807, 2.05) is 6.92 Å². The molecule has 6 nitrogen and oxygen atoms in total. The van der Waals surface area contributed by atoms with E-state index in [0.717, 1.165) is 0 Å². The Hall–Kier alpha value is -1.67. The quantitative estimate of drug-likeness (QED) is 0.575. The molecule has 0 spiro atoms. The van der Waals surface area contributed by atoms with E-state index in [1.54, 1.807) is 27.8 Å². The molecule has 0 saturated carbocycles. The Morgan fingerprint density at radius 2 is 1.83 bits per heavy atom. The predicted octanol–water partition coefficient (Wildman–Crippen LogP) is 2.36. The SMILES string of the molecule is CCNC(=NCCC(F)(F)F)NCCN(C)C(=O)OC(C)(C)C. The minimum absolute atomic E-state index is 0.286. The van der Waals surface area contributed by atoms with Crippen LogP contribution in [-0.2, 0) is 4.74 Å². The maximum Gasteiger partial charge on any atom is 0.410 e. The minimum atomic E-state index is -4.22. The van der Waals surface area contributed by atoms with Gasteiger partial charge in [-0.15, -0.1) is 0 Å². The lowest BCUT2D eigenvalue weighted by molar-refractivity contribution is -0.132. The highest BCUT2D eigenvalue weighted by atomic mass is 19.4. The van der Waals surface area contributed by atoms with Gasteiger partial charge < -0.3 is 20.3 Å². The largest absolute Gasteiger partial charge is 0.444 e. The number of carbonyl (C=O) groups is 1. The summed E-state index contributed by atoms with van der Waals surface area (Å²) in [5.74, 6) is 0.286. The van der Waals surface area contributed by atoms with Crippen molar-refractivity contribution in [1.82, 2.24) is 15.5 Å². The maximum absolute atomic E-state index is 12.1. The second-order valence-corrected chi connectivity index (χ2v) is 5.95. The van der Waals surface area contributed by atoms with Crippen LogP contribution in [0.5, 0.6) is 0 Å².